The van der Waals surface area contributed by atoms with Gasteiger partial charge in [0.2, 0.25) is 10.0 Å². The van der Waals surface area contributed by atoms with Crippen LogP contribution in [-0.2, 0) is 14.8 Å². The molecule has 8 nitrogen and oxygen atoms in total. The molecule has 9 heteroatoms. The quantitative estimate of drug-likeness (QED) is 0.613. The third-order valence-corrected chi connectivity index (χ3v) is 5.06. The van der Waals surface area contributed by atoms with Crippen molar-refractivity contribution >= 4 is 15.9 Å². The number of ether oxygens (including phenoxy) is 2. The van der Waals surface area contributed by atoms with E-state index in [1.807, 2.05) is 0 Å². The molecule has 0 aliphatic carbocycles. The summed E-state index contributed by atoms with van der Waals surface area (Å²) in [7, 11) is -3.25. The summed E-state index contributed by atoms with van der Waals surface area (Å²) >= 11 is 0. The average Bonchev–Trinajstić information content (AvgIpc) is 2.60. The third kappa shape index (κ3) is 6.28. The molecule has 0 saturated carbocycles. The lowest BCUT2D eigenvalue weighted by Crippen LogP contribution is -2.49. The lowest BCUT2D eigenvalue weighted by molar-refractivity contribution is 0.000438. The van der Waals surface area contributed by atoms with E-state index in [1.54, 1.807) is 24.3 Å². The molecule has 1 aromatic carbocycles. The minimum absolute atomic E-state index is 0.242. The highest BCUT2D eigenvalue weighted by atomic mass is 32.2. The van der Waals surface area contributed by atoms with Gasteiger partial charge < -0.3 is 20.5 Å². The molecule has 0 radical (unpaired) electrons. The lowest BCUT2D eigenvalue weighted by Gasteiger charge is -2.31. The summed E-state index contributed by atoms with van der Waals surface area (Å²) in [5.41, 5.74) is 5.91. The molecular weight excluding hydrogens is 346 g/mol. The van der Waals surface area contributed by atoms with Crippen LogP contribution in [0.1, 0.15) is 16.8 Å². The molecule has 1 aliphatic heterocycles. The van der Waals surface area contributed by atoms with Crippen LogP contribution in [0.5, 0.6) is 5.75 Å². The molecule has 0 spiro atoms. The molecule has 0 aromatic heterocycles. The number of morpholine rings is 1. The number of nitrogens with zero attached hydrogens (tertiary/aromatic N) is 1. The lowest BCUT2D eigenvalue weighted by atomic mass is 10.2. The van der Waals surface area contributed by atoms with E-state index in [-0.39, 0.29) is 25.1 Å². The van der Waals surface area contributed by atoms with Crippen molar-refractivity contribution < 1.29 is 22.7 Å². The maximum Gasteiger partial charge on any atom is 0.251 e. The maximum absolute atomic E-state index is 12.2. The molecule has 1 saturated heterocycles. The van der Waals surface area contributed by atoms with E-state index in [0.717, 1.165) is 6.42 Å². The first-order chi connectivity index (χ1) is 11.9. The fraction of sp³-hybridized carbons (Fsp3) is 0.562. The topological polar surface area (TPSA) is 111 Å². The van der Waals surface area contributed by atoms with Gasteiger partial charge in [0.05, 0.1) is 25.6 Å². The molecule has 1 atom stereocenters. The van der Waals surface area contributed by atoms with E-state index in [1.165, 1.54) is 10.6 Å². The van der Waals surface area contributed by atoms with E-state index >= 15 is 0 Å². The SMILES string of the molecule is CS(=O)(=O)N1CCO[C@H](CNC(=O)c2ccc(OCCCN)cc2)C1. The van der Waals surface area contributed by atoms with Crippen LogP contribution in [0.4, 0.5) is 0 Å². The Morgan fingerprint density at radius 3 is 2.76 bits per heavy atom. The summed E-state index contributed by atoms with van der Waals surface area (Å²) in [6, 6.07) is 6.82. The molecular formula is C16H25N3O5S. The van der Waals surface area contributed by atoms with Crippen LogP contribution >= 0.6 is 0 Å². The van der Waals surface area contributed by atoms with Crippen molar-refractivity contribution in [2.45, 2.75) is 12.5 Å². The Bertz CT molecular complexity index is 663. The van der Waals surface area contributed by atoms with E-state index in [2.05, 4.69) is 5.32 Å². The minimum atomic E-state index is -3.25. The standard InChI is InChI=1S/C16H25N3O5S/c1-25(21,22)19-8-10-24-15(12-19)11-18-16(20)13-3-5-14(6-4-13)23-9-2-7-17/h3-6,15H,2,7-12,17H2,1H3,(H,18,20)/t15-/m1/s1. The molecule has 0 unspecified atom stereocenters. The van der Waals surface area contributed by atoms with Gasteiger partial charge in [-0.15, -0.1) is 0 Å². The fourth-order valence-electron chi connectivity index (χ4n) is 2.40. The van der Waals surface area contributed by atoms with Crippen LogP contribution in [-0.4, -0.2) is 70.4 Å². The maximum atomic E-state index is 12.2. The van der Waals surface area contributed by atoms with Crippen LogP contribution < -0.4 is 15.8 Å². The molecule has 25 heavy (non-hydrogen) atoms. The van der Waals surface area contributed by atoms with Gasteiger partial charge in [0.25, 0.3) is 5.91 Å². The number of nitrogens with one attached hydrogen (secondary N) is 1. The Balaban J connectivity index is 1.81. The smallest absolute Gasteiger partial charge is 0.251 e. The summed E-state index contributed by atoms with van der Waals surface area (Å²) in [6.07, 6.45) is 1.59. The van der Waals surface area contributed by atoms with E-state index in [0.29, 0.717) is 37.6 Å². The van der Waals surface area contributed by atoms with Crippen LogP contribution in [0.3, 0.4) is 0 Å². The van der Waals surface area contributed by atoms with Crippen LogP contribution in [0, 0.1) is 0 Å². The first kappa shape index (κ1) is 19.6. The number of hydrogen-bond acceptors (Lipinski definition) is 6. The Morgan fingerprint density at radius 1 is 1.40 bits per heavy atom. The number of benzene rings is 1. The Kier molecular flexibility index (Phi) is 7.18. The van der Waals surface area contributed by atoms with Gasteiger partial charge in [0.15, 0.2) is 0 Å². The summed E-state index contributed by atoms with van der Waals surface area (Å²) in [4.78, 5) is 12.2. The first-order valence-electron chi connectivity index (χ1n) is 8.18. The van der Waals surface area contributed by atoms with Crippen molar-refractivity contribution in [3.63, 3.8) is 0 Å². The van der Waals surface area contributed by atoms with Gasteiger partial charge >= 0.3 is 0 Å². The first-order valence-corrected chi connectivity index (χ1v) is 10.0. The van der Waals surface area contributed by atoms with Crippen molar-refractivity contribution in [2.75, 3.05) is 45.6 Å². The zero-order chi connectivity index (χ0) is 18.3. The van der Waals surface area contributed by atoms with Gasteiger partial charge in [-0.1, -0.05) is 0 Å². The minimum Gasteiger partial charge on any atom is -0.494 e. The van der Waals surface area contributed by atoms with Crippen LogP contribution in [0.2, 0.25) is 0 Å². The van der Waals surface area contributed by atoms with Gasteiger partial charge in [-0.3, -0.25) is 4.79 Å². The summed E-state index contributed by atoms with van der Waals surface area (Å²) in [5.74, 6) is 0.443. The van der Waals surface area contributed by atoms with Crippen molar-refractivity contribution in [1.82, 2.24) is 9.62 Å². The zero-order valence-corrected chi connectivity index (χ0v) is 15.1. The predicted molar refractivity (Wildman–Crippen MR) is 94.1 cm³/mol. The molecule has 1 fully saturated rings. The molecule has 1 aromatic rings. The van der Waals surface area contributed by atoms with Crippen molar-refractivity contribution in [2.24, 2.45) is 5.73 Å². The number of nitrogens with two attached hydrogens (primary N) is 1. The zero-order valence-electron chi connectivity index (χ0n) is 14.3. The Labute approximate surface area is 148 Å². The van der Waals surface area contributed by atoms with Gasteiger partial charge in [0, 0.05) is 25.2 Å². The van der Waals surface area contributed by atoms with Crippen LogP contribution in [0.15, 0.2) is 24.3 Å². The van der Waals surface area contributed by atoms with Crippen LogP contribution in [0.25, 0.3) is 0 Å². The average molecular weight is 371 g/mol. The van der Waals surface area contributed by atoms with E-state index in [4.69, 9.17) is 15.2 Å². The second kappa shape index (κ2) is 9.14. The molecule has 140 valence electrons. The number of rotatable bonds is 8. The fourth-order valence-corrected chi connectivity index (χ4v) is 3.24. The third-order valence-electron chi connectivity index (χ3n) is 3.79. The molecule has 1 aliphatic rings. The predicted octanol–water partition coefficient (Wildman–Crippen LogP) is -0.196. The van der Waals surface area contributed by atoms with Crippen molar-refractivity contribution in [3.8, 4) is 5.75 Å². The number of carbonyl (C=O) groups excluding carboxylic acids is 1. The van der Waals surface area contributed by atoms with Gasteiger partial charge in [-0.2, -0.15) is 4.31 Å². The summed E-state index contributed by atoms with van der Waals surface area (Å²) in [5, 5.41) is 2.77. The normalized spacial score (nSPS) is 18.7. The van der Waals surface area contributed by atoms with Gasteiger partial charge in [-0.25, -0.2) is 8.42 Å². The van der Waals surface area contributed by atoms with Crippen molar-refractivity contribution in [3.05, 3.63) is 29.8 Å². The monoisotopic (exact) mass is 371 g/mol. The van der Waals surface area contributed by atoms with E-state index < -0.39 is 10.0 Å². The number of sulfonamides is 1. The second-order valence-corrected chi connectivity index (χ2v) is 7.82. The van der Waals surface area contributed by atoms with Gasteiger partial charge in [-0.05, 0) is 37.2 Å². The molecule has 3 N–H and O–H groups in total. The summed E-state index contributed by atoms with van der Waals surface area (Å²) in [6.45, 7) is 2.27. The largest absolute Gasteiger partial charge is 0.494 e. The second-order valence-electron chi connectivity index (χ2n) is 5.84. The number of hydrogen-bond donors (Lipinski definition) is 2. The number of carbonyl (C=O) groups is 1. The number of amides is 1. The Hall–Kier alpha value is -1.68. The highest BCUT2D eigenvalue weighted by Gasteiger charge is 2.26. The summed E-state index contributed by atoms with van der Waals surface area (Å²) < 4.78 is 35.5. The molecule has 1 heterocycles. The molecule has 0 bridgehead atoms. The Morgan fingerprint density at radius 2 is 2.12 bits per heavy atom. The molecule has 2 rings (SSSR count). The molecule has 1 amide bonds. The van der Waals surface area contributed by atoms with Crippen molar-refractivity contribution in [1.29, 1.82) is 0 Å². The van der Waals surface area contributed by atoms with E-state index in [9.17, 15) is 13.2 Å². The van der Waals surface area contributed by atoms with Gasteiger partial charge in [0.1, 0.15) is 5.75 Å². The highest BCUT2D eigenvalue weighted by molar-refractivity contribution is 7.88. The highest BCUT2D eigenvalue weighted by Crippen LogP contribution is 2.13.